The monoisotopic (exact) mass is 379 g/mol. The lowest BCUT2D eigenvalue weighted by molar-refractivity contribution is -0.141. The third kappa shape index (κ3) is 4.20. The maximum atomic E-state index is 11.0. The second-order valence-electron chi connectivity index (χ2n) is 5.97. The van der Waals surface area contributed by atoms with Crippen molar-refractivity contribution < 1.29 is 9.90 Å². The zero-order valence-corrected chi connectivity index (χ0v) is 15.5. The molecular weight excluding hydrogens is 358 g/mol. The fourth-order valence-corrected chi connectivity index (χ4v) is 2.88. The molecule has 0 saturated carbocycles. The first-order chi connectivity index (χ1) is 10.8. The molecule has 1 unspecified atom stereocenters. The highest BCUT2D eigenvalue weighted by Crippen LogP contribution is 2.21. The molecule has 1 aromatic carbocycles. The molecule has 1 aromatic heterocycles. The van der Waals surface area contributed by atoms with Crippen LogP contribution in [0.2, 0.25) is 0 Å². The maximum Gasteiger partial charge on any atom is 0.307 e. The van der Waals surface area contributed by atoms with Crippen molar-refractivity contribution in [2.75, 3.05) is 13.6 Å². The Morgan fingerprint density at radius 3 is 2.52 bits per heavy atom. The van der Waals surface area contributed by atoms with Gasteiger partial charge in [0.2, 0.25) is 0 Å². The Hall–Kier alpha value is -1.66. The Kier molecular flexibility index (Phi) is 5.59. The standard InChI is InChI=1S/C17H22BrN3O2/c1-11(17(22)23)9-20(4)10-16-12(2)19-21(13(16)3)15-7-5-14(18)6-8-15/h5-8,11H,9-10H2,1-4H3,(H,22,23). The summed E-state index contributed by atoms with van der Waals surface area (Å²) in [5.74, 6) is -1.15. The van der Waals surface area contributed by atoms with E-state index in [9.17, 15) is 4.79 Å². The zero-order chi connectivity index (χ0) is 17.1. The summed E-state index contributed by atoms with van der Waals surface area (Å²) in [6.45, 7) is 6.96. The smallest absolute Gasteiger partial charge is 0.307 e. The molecule has 1 N–H and O–H groups in total. The van der Waals surface area contributed by atoms with E-state index >= 15 is 0 Å². The van der Waals surface area contributed by atoms with E-state index < -0.39 is 5.97 Å². The minimum Gasteiger partial charge on any atom is -0.481 e. The molecular formula is C17H22BrN3O2. The number of hydrogen-bond acceptors (Lipinski definition) is 3. The van der Waals surface area contributed by atoms with E-state index in [1.165, 1.54) is 0 Å². The predicted molar refractivity (Wildman–Crippen MR) is 93.9 cm³/mol. The number of carboxylic acids is 1. The lowest BCUT2D eigenvalue weighted by atomic mass is 10.1. The van der Waals surface area contributed by atoms with E-state index in [2.05, 4.69) is 21.0 Å². The molecule has 0 spiro atoms. The van der Waals surface area contributed by atoms with Crippen molar-refractivity contribution >= 4 is 21.9 Å². The van der Waals surface area contributed by atoms with Gasteiger partial charge in [-0.2, -0.15) is 5.10 Å². The first-order valence-electron chi connectivity index (χ1n) is 7.52. The number of halogens is 1. The van der Waals surface area contributed by atoms with Crippen LogP contribution in [-0.4, -0.2) is 39.3 Å². The maximum absolute atomic E-state index is 11.0. The van der Waals surface area contributed by atoms with Crippen LogP contribution in [0.4, 0.5) is 0 Å². The van der Waals surface area contributed by atoms with Crippen LogP contribution in [0.5, 0.6) is 0 Å². The number of hydrogen-bond donors (Lipinski definition) is 1. The normalized spacial score (nSPS) is 12.6. The van der Waals surface area contributed by atoms with Crippen molar-refractivity contribution in [3.05, 3.63) is 45.7 Å². The molecule has 124 valence electrons. The van der Waals surface area contributed by atoms with Crippen molar-refractivity contribution in [1.82, 2.24) is 14.7 Å². The molecule has 2 rings (SSSR count). The van der Waals surface area contributed by atoms with Gasteiger partial charge in [0.15, 0.2) is 0 Å². The summed E-state index contributed by atoms with van der Waals surface area (Å²) in [5, 5.41) is 13.7. The van der Waals surface area contributed by atoms with Crippen LogP contribution in [0.15, 0.2) is 28.7 Å². The minimum atomic E-state index is -0.768. The van der Waals surface area contributed by atoms with Gasteiger partial charge in [-0.15, -0.1) is 0 Å². The van der Waals surface area contributed by atoms with Crippen LogP contribution in [-0.2, 0) is 11.3 Å². The minimum absolute atomic E-state index is 0.387. The number of carbonyl (C=O) groups is 1. The predicted octanol–water partition coefficient (Wildman–Crippen LogP) is 3.40. The van der Waals surface area contributed by atoms with Crippen molar-refractivity contribution in [1.29, 1.82) is 0 Å². The number of aliphatic carboxylic acids is 1. The first kappa shape index (κ1) is 17.7. The van der Waals surface area contributed by atoms with Crippen molar-refractivity contribution in [2.45, 2.75) is 27.3 Å². The summed E-state index contributed by atoms with van der Waals surface area (Å²) in [4.78, 5) is 13.0. The van der Waals surface area contributed by atoms with E-state index in [1.807, 2.05) is 54.7 Å². The van der Waals surface area contributed by atoms with E-state index in [1.54, 1.807) is 6.92 Å². The quantitative estimate of drug-likeness (QED) is 0.835. The lowest BCUT2D eigenvalue weighted by Gasteiger charge is -2.19. The largest absolute Gasteiger partial charge is 0.481 e. The van der Waals surface area contributed by atoms with Crippen LogP contribution in [0.1, 0.15) is 23.9 Å². The molecule has 0 saturated heterocycles. The molecule has 5 nitrogen and oxygen atoms in total. The van der Waals surface area contributed by atoms with Crippen LogP contribution in [0.3, 0.4) is 0 Å². The summed E-state index contributed by atoms with van der Waals surface area (Å²) in [7, 11) is 1.94. The highest BCUT2D eigenvalue weighted by atomic mass is 79.9. The SMILES string of the molecule is Cc1nn(-c2ccc(Br)cc2)c(C)c1CN(C)CC(C)C(=O)O. The fraction of sp³-hybridized carbons (Fsp3) is 0.412. The van der Waals surface area contributed by atoms with Gasteiger partial charge >= 0.3 is 5.97 Å². The highest BCUT2D eigenvalue weighted by molar-refractivity contribution is 9.10. The average Bonchev–Trinajstić information content (AvgIpc) is 2.76. The fourth-order valence-electron chi connectivity index (χ4n) is 2.62. The van der Waals surface area contributed by atoms with E-state index in [0.29, 0.717) is 13.1 Å². The molecule has 0 bridgehead atoms. The van der Waals surface area contributed by atoms with E-state index in [0.717, 1.165) is 27.1 Å². The Bertz CT molecular complexity index is 695. The summed E-state index contributed by atoms with van der Waals surface area (Å²) in [6.07, 6.45) is 0. The molecule has 0 aliphatic heterocycles. The Labute approximate surface area is 145 Å². The molecule has 2 aromatic rings. The van der Waals surface area contributed by atoms with E-state index in [-0.39, 0.29) is 5.92 Å². The van der Waals surface area contributed by atoms with Crippen LogP contribution in [0.25, 0.3) is 5.69 Å². The first-order valence-corrected chi connectivity index (χ1v) is 8.31. The third-order valence-corrected chi connectivity index (χ3v) is 4.48. The van der Waals surface area contributed by atoms with Crippen LogP contribution in [0, 0.1) is 19.8 Å². The summed E-state index contributed by atoms with van der Waals surface area (Å²) >= 11 is 3.44. The van der Waals surface area contributed by atoms with E-state index in [4.69, 9.17) is 5.11 Å². The number of aryl methyl sites for hydroxylation is 1. The van der Waals surface area contributed by atoms with Gasteiger partial charge in [-0.1, -0.05) is 22.9 Å². The molecule has 1 heterocycles. The zero-order valence-electron chi connectivity index (χ0n) is 13.9. The number of rotatable bonds is 6. The van der Waals surface area contributed by atoms with Gasteiger partial charge < -0.3 is 10.0 Å². The van der Waals surface area contributed by atoms with Gasteiger partial charge in [0.25, 0.3) is 0 Å². The van der Waals surface area contributed by atoms with Gasteiger partial charge in [0.05, 0.1) is 17.3 Å². The Balaban J connectivity index is 2.21. The second-order valence-corrected chi connectivity index (χ2v) is 6.89. The lowest BCUT2D eigenvalue weighted by Crippen LogP contribution is -2.28. The molecule has 1 atom stereocenters. The van der Waals surface area contributed by atoms with Crippen molar-refractivity contribution in [3.8, 4) is 5.69 Å². The van der Waals surface area contributed by atoms with Crippen LogP contribution >= 0.6 is 15.9 Å². The van der Waals surface area contributed by atoms with Gasteiger partial charge in [-0.05, 0) is 45.2 Å². The molecule has 0 aliphatic rings. The molecule has 6 heteroatoms. The number of nitrogens with zero attached hydrogens (tertiary/aromatic N) is 3. The highest BCUT2D eigenvalue weighted by Gasteiger charge is 2.18. The van der Waals surface area contributed by atoms with Gasteiger partial charge in [-0.3, -0.25) is 4.79 Å². The second kappa shape index (κ2) is 7.27. The van der Waals surface area contributed by atoms with Gasteiger partial charge in [0.1, 0.15) is 0 Å². The Morgan fingerprint density at radius 2 is 1.96 bits per heavy atom. The van der Waals surface area contributed by atoms with Gasteiger partial charge in [-0.25, -0.2) is 4.68 Å². The number of benzene rings is 1. The molecule has 23 heavy (non-hydrogen) atoms. The van der Waals surface area contributed by atoms with Crippen molar-refractivity contribution in [3.63, 3.8) is 0 Å². The number of carboxylic acid groups (broad SMARTS) is 1. The van der Waals surface area contributed by atoms with Crippen LogP contribution < -0.4 is 0 Å². The van der Waals surface area contributed by atoms with Crippen molar-refractivity contribution in [2.24, 2.45) is 5.92 Å². The molecule has 0 aliphatic carbocycles. The molecule has 0 fully saturated rings. The van der Waals surface area contributed by atoms with Gasteiger partial charge in [0, 0.05) is 28.8 Å². The molecule has 0 radical (unpaired) electrons. The Morgan fingerprint density at radius 1 is 1.35 bits per heavy atom. The summed E-state index contributed by atoms with van der Waals surface area (Å²) in [5.41, 5.74) is 4.22. The third-order valence-electron chi connectivity index (χ3n) is 3.95. The topological polar surface area (TPSA) is 58.4 Å². The average molecular weight is 380 g/mol. The number of aromatic nitrogens is 2. The molecule has 0 amide bonds. The summed E-state index contributed by atoms with van der Waals surface area (Å²) < 4.78 is 2.97. The summed E-state index contributed by atoms with van der Waals surface area (Å²) in [6, 6.07) is 8.02.